The predicted molar refractivity (Wildman–Crippen MR) is 497 cm³/mol. The number of nitrogen functional groups attached to an aromatic ring is 1. The molecule has 0 radical (unpaired) electrons. The number of nitrogens with zero attached hydrogens (tertiary/aromatic N) is 14. The summed E-state index contributed by atoms with van der Waals surface area (Å²) in [7, 11) is 4.43. The second kappa shape index (κ2) is 49.5. The SMILES string of the molecule is CO[C@H]1C[C@@H]2CC[C@@H](C)[C@@](O)(O2)C(=O)C(=O)N2CCCC[C@H]2C(=O)O[C@H]([C@H](N)C[C@@H]2CC[C@@H](OC(=O)NCc3cnc(N4CCN(C(=O)CCOCCN5CCN(c6ncc(C(=O)NCCOCCC(=O)NCCCCn7nc(-c8cnc9[nH]ccc9c8)c8c(N)ncnc87)cn6)CC5)CC4)nc3)[C@H](OC)C2)CC(=O)[C@H](C)/C=C(\C)[C@@H](O)[C@@H](OC)C(=O)[C@H](C)C[C@H](C)/C=C/C=CC=C1C. The molecule has 4 saturated heterocycles. The van der Waals surface area contributed by atoms with Crippen LogP contribution in [0.5, 0.6) is 0 Å². The summed E-state index contributed by atoms with van der Waals surface area (Å²) in [4.78, 5) is 168. The molecule has 39 nitrogen and oxygen atoms in total. The number of piperazine rings is 2. The summed E-state index contributed by atoms with van der Waals surface area (Å²) in [6.07, 6.45) is 20.9. The van der Waals surface area contributed by atoms with Crippen molar-refractivity contribution in [3.63, 3.8) is 0 Å². The number of piperidine rings is 1. The van der Waals surface area contributed by atoms with E-state index in [4.69, 9.17) is 54.5 Å². The van der Waals surface area contributed by atoms with Gasteiger partial charge in [0.15, 0.2) is 11.4 Å². The first-order valence-corrected chi connectivity index (χ1v) is 47.0. The van der Waals surface area contributed by atoms with Crippen LogP contribution < -0.4 is 37.2 Å². The number of aliphatic hydroxyl groups is 2. The average molecular weight is 1860 g/mol. The third-order valence-electron chi connectivity index (χ3n) is 26.4. The lowest BCUT2D eigenvalue weighted by Crippen LogP contribution is -2.61. The zero-order valence-corrected chi connectivity index (χ0v) is 78.5. The number of carbonyl (C=O) groups is 9. The van der Waals surface area contributed by atoms with Crippen molar-refractivity contribution in [3.8, 4) is 11.3 Å². The zero-order chi connectivity index (χ0) is 95.5. The Labute approximate surface area is 781 Å². The minimum absolute atomic E-state index is 0.000465. The molecule has 6 aromatic rings. The lowest BCUT2D eigenvalue weighted by atomic mass is 9.80. The van der Waals surface area contributed by atoms with Crippen LogP contribution >= 0.6 is 0 Å². The minimum Gasteiger partial charge on any atom is -0.459 e. The molecule has 10 N–H and O–H groups in total. The Bertz CT molecular complexity index is 5070. The van der Waals surface area contributed by atoms with Gasteiger partial charge < -0.3 is 100 Å². The van der Waals surface area contributed by atoms with Crippen LogP contribution in [0, 0.1) is 29.6 Å². The number of nitrogens with two attached hydrogens (primary N) is 2. The van der Waals surface area contributed by atoms with Crippen molar-refractivity contribution < 1.29 is 91.3 Å². The second-order valence-corrected chi connectivity index (χ2v) is 36.1. The number of anilines is 3. The summed E-state index contributed by atoms with van der Waals surface area (Å²) in [6.45, 7) is 18.6. The monoisotopic (exact) mass is 1860 g/mol. The number of aromatic nitrogens is 10. The molecule has 1 aliphatic carbocycles. The smallest absolute Gasteiger partial charge is 0.407 e. The topological polar surface area (TPSA) is 496 Å². The molecule has 0 unspecified atom stereocenters. The molecular weight excluding hydrogens is 1730 g/mol. The first-order valence-electron chi connectivity index (χ1n) is 47.0. The van der Waals surface area contributed by atoms with Crippen LogP contribution in [0.25, 0.3) is 33.3 Å². The maximum atomic E-state index is 14.8. The Hall–Kier alpha value is -11.0. The van der Waals surface area contributed by atoms with E-state index in [1.165, 1.54) is 32.9 Å². The fourth-order valence-corrected chi connectivity index (χ4v) is 18.3. The fraction of sp³-hybridized carbons (Fsp3) is 0.611. The van der Waals surface area contributed by atoms with Gasteiger partial charge in [0.2, 0.25) is 29.5 Å². The number of amides is 5. The molecule has 5 amide bonds. The van der Waals surface area contributed by atoms with Crippen molar-refractivity contribution in [2.75, 3.05) is 142 Å². The normalized spacial score (nSPS) is 26.5. The Balaban J connectivity index is 0.526. The zero-order valence-electron chi connectivity index (χ0n) is 78.5. The highest BCUT2D eigenvalue weighted by atomic mass is 16.6. The van der Waals surface area contributed by atoms with Gasteiger partial charge in [-0.15, -0.1) is 0 Å². The van der Waals surface area contributed by atoms with Gasteiger partial charge in [-0.2, -0.15) is 5.10 Å². The number of pyridine rings is 1. The molecule has 0 spiro atoms. The number of cyclic esters (lactones) is 1. The number of ether oxygens (including phenoxy) is 8. The van der Waals surface area contributed by atoms with Crippen LogP contribution in [0.2, 0.25) is 0 Å². The number of aromatic amines is 1. The van der Waals surface area contributed by atoms with Gasteiger partial charge in [0, 0.05) is 210 Å². The summed E-state index contributed by atoms with van der Waals surface area (Å²) in [5.74, 6) is -7.91. The molecule has 11 heterocycles. The van der Waals surface area contributed by atoms with Gasteiger partial charge in [0.25, 0.3) is 17.6 Å². The fourth-order valence-electron chi connectivity index (χ4n) is 18.3. The first kappa shape index (κ1) is 102. The molecular formula is C95H134N20O19. The van der Waals surface area contributed by atoms with Gasteiger partial charge in [-0.05, 0) is 126 Å². The van der Waals surface area contributed by atoms with Crippen LogP contribution in [0.4, 0.5) is 22.5 Å². The van der Waals surface area contributed by atoms with Crippen LogP contribution in [0.15, 0.2) is 103 Å². The second-order valence-electron chi connectivity index (χ2n) is 36.1. The van der Waals surface area contributed by atoms with Gasteiger partial charge in [-0.3, -0.25) is 38.5 Å². The molecule has 12 rings (SSSR count). The number of aliphatic hydroxyl groups excluding tert-OH is 1. The number of esters is 1. The van der Waals surface area contributed by atoms with Gasteiger partial charge in [-0.1, -0.05) is 64.2 Å². The number of fused-ring (bicyclic) bond motifs is 5. The molecule has 6 aliphatic rings. The average Bonchev–Trinajstić information content (AvgIpc) is 1.57. The van der Waals surface area contributed by atoms with E-state index in [1.807, 2.05) is 77.0 Å². The molecule has 5 fully saturated rings. The highest BCUT2D eigenvalue weighted by Gasteiger charge is 2.53. The Morgan fingerprint density at radius 1 is 0.716 bits per heavy atom. The summed E-state index contributed by atoms with van der Waals surface area (Å²) < 4.78 is 49.3. The first-order chi connectivity index (χ1) is 64.6. The molecule has 15 atom stereocenters. The standard InChI is InChI=1S/C95H134N20O19/c1-59-17-11-10-12-18-60(2)75(127-7)50-70-22-20-64(6)95(126,134-70)85(121)90(123)114-30-15-13-19-72(114)91(124)132-76(51-73(116)61(3)46-63(5)83(120)84(129-9)82(119)62(4)45-59)71(96)47-65-21-23-74(77(48-65)128-8)133-94(125)106-54-66-52-102-92(103-53-66)113-38-36-111(37-39-113)79(118)26-42-131-44-40-110-32-34-112(35-33-110)93-104-56-69(57-105-93)89(122)100-29-43-130-41-25-78(117)98-27-14-16-31-115-88-80(86(97)107-58-108-88)81(109-115)68-49-67-24-28-99-87(67)101-55-68/h10-12,17-18,24,28,46,49,52-53,55-59,61-62,64-65,70-72,74-77,83-84,120,126H,13-16,19-23,25-27,29-45,47-48,50-51,54,96H2,1-9H3,(H,98,117)(H,99,101)(H,100,122)(H,106,125)(H2,97,107,108)/b12-10?,17-11+,60-18?,63-46+/t59-,61-,62-,64-,65+,70+,71-,72+,74-,75+,76+,77-,83-,84+,95-/m1/s1. The van der Waals surface area contributed by atoms with E-state index in [1.54, 1.807) is 59.5 Å². The number of carbonyl (C=O) groups excluding carboxylic acids is 9. The Morgan fingerprint density at radius 3 is 2.19 bits per heavy atom. The summed E-state index contributed by atoms with van der Waals surface area (Å²) in [5, 5.41) is 38.8. The summed E-state index contributed by atoms with van der Waals surface area (Å²) in [6, 6.07) is 1.69. The van der Waals surface area contributed by atoms with Crippen LogP contribution in [0.3, 0.4) is 0 Å². The van der Waals surface area contributed by atoms with Crippen LogP contribution in [-0.2, 0) is 84.5 Å². The number of nitrogens with one attached hydrogen (secondary N) is 4. The number of allylic oxidation sites excluding steroid dienone is 6. The molecule has 6 aromatic heterocycles. The Kier molecular flexibility index (Phi) is 37.6. The number of rotatable bonds is 30. The van der Waals surface area contributed by atoms with E-state index in [2.05, 4.69) is 65.6 Å². The molecule has 2 bridgehead atoms. The maximum Gasteiger partial charge on any atom is 0.407 e. The van der Waals surface area contributed by atoms with E-state index in [9.17, 15) is 53.4 Å². The van der Waals surface area contributed by atoms with Gasteiger partial charge in [0.1, 0.15) is 59.7 Å². The lowest BCUT2D eigenvalue weighted by molar-refractivity contribution is -0.265. The van der Waals surface area contributed by atoms with E-state index < -0.39 is 108 Å². The van der Waals surface area contributed by atoms with E-state index in [0.29, 0.717) is 174 Å². The third kappa shape index (κ3) is 27.4. The van der Waals surface area contributed by atoms with Gasteiger partial charge in [-0.25, -0.2) is 49.2 Å². The predicted octanol–water partition coefficient (Wildman–Crippen LogP) is 6.26. The molecule has 0 aromatic carbocycles. The molecule has 134 heavy (non-hydrogen) atoms. The van der Waals surface area contributed by atoms with Crippen molar-refractivity contribution in [2.24, 2.45) is 35.3 Å². The van der Waals surface area contributed by atoms with Crippen molar-refractivity contribution in [3.05, 3.63) is 114 Å². The quantitative estimate of drug-likeness (QED) is 0.0107. The number of hydrogen-bond donors (Lipinski definition) is 8. The number of unbranched alkanes of at least 4 members (excludes halogenated alkanes) is 1. The maximum absolute atomic E-state index is 14.8. The Morgan fingerprint density at radius 2 is 1.45 bits per heavy atom. The summed E-state index contributed by atoms with van der Waals surface area (Å²) >= 11 is 0. The number of ketones is 3. The number of H-pyrrole nitrogens is 1. The molecule has 728 valence electrons. The highest BCUT2D eigenvalue weighted by Crippen LogP contribution is 2.39. The van der Waals surface area contributed by atoms with Crippen molar-refractivity contribution >= 4 is 92.8 Å². The van der Waals surface area contributed by atoms with Gasteiger partial charge in [0.05, 0.1) is 62.1 Å². The summed E-state index contributed by atoms with van der Waals surface area (Å²) in [5.41, 5.74) is 18.3. The van der Waals surface area contributed by atoms with E-state index in [0.717, 1.165) is 46.6 Å². The number of aryl methyl sites for hydroxylation is 1. The van der Waals surface area contributed by atoms with E-state index in [-0.39, 0.29) is 113 Å². The van der Waals surface area contributed by atoms with E-state index >= 15 is 0 Å². The van der Waals surface area contributed by atoms with Crippen molar-refractivity contribution in [1.82, 2.24) is 80.3 Å². The number of methoxy groups -OCH3 is 3. The minimum atomic E-state index is -2.51. The van der Waals surface area contributed by atoms with Gasteiger partial charge >= 0.3 is 12.1 Å². The van der Waals surface area contributed by atoms with Crippen molar-refractivity contribution in [2.45, 2.75) is 218 Å². The highest BCUT2D eigenvalue weighted by molar-refractivity contribution is 6.39. The number of hydrogen-bond acceptors (Lipinski definition) is 32. The molecule has 39 heteroatoms. The lowest BCUT2D eigenvalue weighted by Gasteiger charge is -2.42. The van der Waals surface area contributed by atoms with Crippen LogP contribution in [0.1, 0.15) is 160 Å². The van der Waals surface area contributed by atoms with Crippen molar-refractivity contribution in [1.29, 1.82) is 0 Å². The molecule has 5 aliphatic heterocycles. The molecule has 1 saturated carbocycles. The third-order valence-corrected chi connectivity index (χ3v) is 26.4. The largest absolute Gasteiger partial charge is 0.459 e. The number of alkyl carbamates (subject to hydrolysis) is 1. The van der Waals surface area contributed by atoms with Crippen LogP contribution in [-0.4, -0.2) is 314 Å². The number of Topliss-reactive ketones (excluding diaryl/α,β-unsaturated/α-hetero) is 3.